The number of nitrogens with two attached hydrogens (primary N) is 2. The predicted molar refractivity (Wildman–Crippen MR) is 50.3 cm³/mol. The highest BCUT2D eigenvalue weighted by molar-refractivity contribution is 7.53. The van der Waals surface area contributed by atoms with Crippen molar-refractivity contribution >= 4 is 13.3 Å². The zero-order chi connectivity index (χ0) is 9.90. The predicted octanol–water partition coefficient (Wildman–Crippen LogP) is 1.36. The average Bonchev–Trinajstić information content (AvgIpc) is 2.09. The molecule has 0 aromatic heterocycles. The van der Waals surface area contributed by atoms with E-state index in [1.165, 1.54) is 6.66 Å². The molecule has 13 heavy (non-hydrogen) atoms. The van der Waals surface area contributed by atoms with Gasteiger partial charge >= 0.3 is 7.60 Å². The van der Waals surface area contributed by atoms with Gasteiger partial charge in [-0.05, 0) is 24.3 Å². The summed E-state index contributed by atoms with van der Waals surface area (Å²) < 4.78 is 20.4. The Morgan fingerprint density at radius 2 is 1.85 bits per heavy atom. The molecule has 1 rings (SSSR count). The molecule has 1 unspecified atom stereocenters. The van der Waals surface area contributed by atoms with E-state index in [4.69, 9.17) is 16.2 Å². The Hall–Kier alpha value is -1.03. The smallest absolute Gasteiger partial charge is 0.392 e. The van der Waals surface area contributed by atoms with Gasteiger partial charge in [-0.1, -0.05) is 0 Å². The Kier molecular flexibility index (Phi) is 2.93. The number of benzene rings is 1. The monoisotopic (exact) mass is 202 g/mol. The van der Waals surface area contributed by atoms with Crippen molar-refractivity contribution in [2.24, 2.45) is 5.90 Å². The van der Waals surface area contributed by atoms with E-state index >= 15 is 0 Å². The summed E-state index contributed by atoms with van der Waals surface area (Å²) in [5.41, 5.74) is 6.05. The van der Waals surface area contributed by atoms with Gasteiger partial charge in [-0.25, -0.2) is 15.1 Å². The summed E-state index contributed by atoms with van der Waals surface area (Å²) in [6, 6.07) is 6.44. The van der Waals surface area contributed by atoms with Gasteiger partial charge < -0.3 is 10.3 Å². The van der Waals surface area contributed by atoms with Crippen LogP contribution in [0, 0.1) is 0 Å². The zero-order valence-electron chi connectivity index (χ0n) is 7.14. The van der Waals surface area contributed by atoms with E-state index in [1.807, 2.05) is 0 Å². The van der Waals surface area contributed by atoms with Crippen molar-refractivity contribution in [2.75, 3.05) is 12.4 Å². The van der Waals surface area contributed by atoms with Gasteiger partial charge in [0.05, 0.1) is 6.66 Å². The molecule has 1 aromatic rings. The largest absolute Gasteiger partial charge is 0.424 e. The van der Waals surface area contributed by atoms with Crippen LogP contribution in [0.15, 0.2) is 24.3 Å². The van der Waals surface area contributed by atoms with Crippen LogP contribution in [0.5, 0.6) is 5.75 Å². The summed E-state index contributed by atoms with van der Waals surface area (Å²) in [5.74, 6) is 5.18. The van der Waals surface area contributed by atoms with E-state index in [0.717, 1.165) is 0 Å². The second-order valence-corrected chi connectivity index (χ2v) is 4.47. The molecule has 1 atom stereocenters. The quantitative estimate of drug-likeness (QED) is 0.439. The molecule has 72 valence electrons. The first kappa shape index (κ1) is 10.1. The van der Waals surface area contributed by atoms with Gasteiger partial charge in [-0.15, -0.1) is 0 Å². The maximum atomic E-state index is 11.2. The lowest BCUT2D eigenvalue weighted by Gasteiger charge is -2.11. The van der Waals surface area contributed by atoms with Crippen LogP contribution >= 0.6 is 7.60 Å². The molecule has 0 fully saturated rings. The first-order valence-corrected chi connectivity index (χ1v) is 5.53. The molecule has 0 amide bonds. The molecular weight excluding hydrogens is 191 g/mol. The minimum Gasteiger partial charge on any atom is -0.424 e. The van der Waals surface area contributed by atoms with Crippen LogP contribution in [0.4, 0.5) is 5.69 Å². The first-order valence-electron chi connectivity index (χ1n) is 3.54. The molecule has 0 heterocycles. The van der Waals surface area contributed by atoms with E-state index < -0.39 is 7.60 Å². The van der Waals surface area contributed by atoms with Crippen molar-refractivity contribution in [1.82, 2.24) is 0 Å². The second-order valence-electron chi connectivity index (χ2n) is 2.54. The summed E-state index contributed by atoms with van der Waals surface area (Å²) in [7, 11) is -3.17. The third kappa shape index (κ3) is 3.06. The topological polar surface area (TPSA) is 87.6 Å². The summed E-state index contributed by atoms with van der Waals surface area (Å²) in [6.07, 6.45) is 0. The highest BCUT2D eigenvalue weighted by Gasteiger charge is 2.16. The van der Waals surface area contributed by atoms with Crippen molar-refractivity contribution < 1.29 is 13.7 Å². The fraction of sp³-hybridized carbons (Fsp3) is 0.143. The molecule has 0 aliphatic carbocycles. The van der Waals surface area contributed by atoms with Crippen molar-refractivity contribution in [1.29, 1.82) is 0 Å². The molecule has 0 saturated carbocycles. The molecule has 4 N–H and O–H groups in total. The number of hydrogen-bond donors (Lipinski definition) is 2. The van der Waals surface area contributed by atoms with Gasteiger partial charge in [0.2, 0.25) is 0 Å². The molecule has 0 spiro atoms. The Bertz CT molecular complexity index is 325. The van der Waals surface area contributed by atoms with E-state index in [-0.39, 0.29) is 0 Å². The molecule has 6 heteroatoms. The first-order chi connectivity index (χ1) is 6.03. The Morgan fingerprint density at radius 3 is 2.31 bits per heavy atom. The van der Waals surface area contributed by atoms with E-state index in [0.29, 0.717) is 11.4 Å². The maximum Gasteiger partial charge on any atom is 0.392 e. The molecule has 0 aliphatic rings. The molecule has 0 radical (unpaired) electrons. The number of rotatable bonds is 3. The lowest BCUT2D eigenvalue weighted by Crippen LogP contribution is -2.01. The fourth-order valence-corrected chi connectivity index (χ4v) is 1.29. The van der Waals surface area contributed by atoms with E-state index in [2.05, 4.69) is 4.62 Å². The van der Waals surface area contributed by atoms with Crippen LogP contribution < -0.4 is 16.2 Å². The molecule has 0 bridgehead atoms. The van der Waals surface area contributed by atoms with Gasteiger partial charge in [0.25, 0.3) is 0 Å². The average molecular weight is 202 g/mol. The van der Waals surface area contributed by atoms with Gasteiger partial charge in [-0.2, -0.15) is 0 Å². The molecule has 5 nitrogen and oxygen atoms in total. The highest BCUT2D eigenvalue weighted by Crippen LogP contribution is 2.42. The summed E-state index contributed by atoms with van der Waals surface area (Å²) >= 11 is 0. The third-order valence-electron chi connectivity index (χ3n) is 1.34. The van der Waals surface area contributed by atoms with Gasteiger partial charge in [-0.3, -0.25) is 0 Å². The van der Waals surface area contributed by atoms with E-state index in [1.54, 1.807) is 24.3 Å². The summed E-state index contributed by atoms with van der Waals surface area (Å²) in [4.78, 5) is 0. The fourth-order valence-electron chi connectivity index (χ4n) is 0.742. The standard InChI is InChI=1S/C7H11N2O3P/c1-13(10,12-9)11-7-4-2-6(8)3-5-7/h2-5H,8-9H2,1H3. The van der Waals surface area contributed by atoms with Crippen LogP contribution in [0.3, 0.4) is 0 Å². The Balaban J connectivity index is 2.75. The second kappa shape index (κ2) is 3.79. The number of anilines is 1. The summed E-state index contributed by atoms with van der Waals surface area (Å²) in [6.45, 7) is 1.28. The third-order valence-corrected chi connectivity index (χ3v) is 2.27. The SMILES string of the molecule is CP(=O)(ON)Oc1ccc(N)cc1. The van der Waals surface area contributed by atoms with Crippen molar-refractivity contribution in [2.45, 2.75) is 0 Å². The minimum absolute atomic E-state index is 0.408. The maximum absolute atomic E-state index is 11.2. The molecule has 1 aromatic carbocycles. The van der Waals surface area contributed by atoms with E-state index in [9.17, 15) is 4.57 Å². The molecule has 0 aliphatic heterocycles. The van der Waals surface area contributed by atoms with Crippen LogP contribution in [-0.2, 0) is 9.19 Å². The van der Waals surface area contributed by atoms with Gasteiger partial charge in [0.1, 0.15) is 5.75 Å². The van der Waals surface area contributed by atoms with Crippen molar-refractivity contribution in [3.8, 4) is 5.75 Å². The van der Waals surface area contributed by atoms with Crippen LogP contribution in [0.2, 0.25) is 0 Å². The van der Waals surface area contributed by atoms with Crippen molar-refractivity contribution in [3.05, 3.63) is 24.3 Å². The van der Waals surface area contributed by atoms with Crippen LogP contribution in [0.25, 0.3) is 0 Å². The highest BCUT2D eigenvalue weighted by atomic mass is 31.2. The number of nitrogen functional groups attached to an aromatic ring is 1. The molecular formula is C7H11N2O3P. The summed E-state index contributed by atoms with van der Waals surface area (Å²) in [5, 5.41) is 0. The van der Waals surface area contributed by atoms with Gasteiger partial charge in [0.15, 0.2) is 0 Å². The normalized spacial score (nSPS) is 14.9. The van der Waals surface area contributed by atoms with Crippen molar-refractivity contribution in [3.63, 3.8) is 0 Å². The lowest BCUT2D eigenvalue weighted by molar-refractivity contribution is 0.279. The Labute approximate surface area is 76.1 Å². The minimum atomic E-state index is -3.17. The van der Waals surface area contributed by atoms with Crippen LogP contribution in [-0.4, -0.2) is 6.66 Å². The number of hydrogen-bond acceptors (Lipinski definition) is 5. The Morgan fingerprint density at radius 1 is 1.31 bits per heavy atom. The van der Waals surface area contributed by atoms with Crippen LogP contribution in [0.1, 0.15) is 0 Å². The molecule has 0 saturated heterocycles. The zero-order valence-corrected chi connectivity index (χ0v) is 8.03. The van der Waals surface area contributed by atoms with Gasteiger partial charge in [0, 0.05) is 5.69 Å². The lowest BCUT2D eigenvalue weighted by atomic mass is 10.3.